The highest BCUT2D eigenvalue weighted by Crippen LogP contribution is 2.37. The van der Waals surface area contributed by atoms with Gasteiger partial charge in [0, 0.05) is 30.1 Å². The highest BCUT2D eigenvalue weighted by molar-refractivity contribution is 7.90. The molecule has 0 amide bonds. The SMILES string of the molecule is O=S(=O)(N(Cc1ccc(-c2ccc(C3CCC(c4c(F)cccc4F)=N3)cc2)nc1)C1CC1)C(F)(F)F. The van der Waals surface area contributed by atoms with Crippen LogP contribution < -0.4 is 0 Å². The summed E-state index contributed by atoms with van der Waals surface area (Å²) in [5.41, 5.74) is -2.49. The molecule has 5 rings (SSSR count). The van der Waals surface area contributed by atoms with Crippen LogP contribution in [0.15, 0.2) is 65.8 Å². The second-order valence-electron chi connectivity index (χ2n) is 9.13. The van der Waals surface area contributed by atoms with Gasteiger partial charge in [0.25, 0.3) is 0 Å². The number of halogens is 5. The van der Waals surface area contributed by atoms with Crippen molar-refractivity contribution < 1.29 is 30.4 Å². The van der Waals surface area contributed by atoms with E-state index in [4.69, 9.17) is 0 Å². The van der Waals surface area contributed by atoms with E-state index in [1.807, 2.05) is 24.3 Å². The number of aromatic nitrogens is 1. The molecule has 1 aliphatic carbocycles. The van der Waals surface area contributed by atoms with Gasteiger partial charge in [-0.2, -0.15) is 17.5 Å². The number of hydrogen-bond donors (Lipinski definition) is 0. The number of aliphatic imine (C=N–C) groups is 1. The van der Waals surface area contributed by atoms with E-state index in [-0.39, 0.29) is 11.6 Å². The lowest BCUT2D eigenvalue weighted by Crippen LogP contribution is -2.41. The monoisotopic (exact) mass is 535 g/mol. The number of alkyl halides is 3. The van der Waals surface area contributed by atoms with Crippen molar-refractivity contribution in [1.82, 2.24) is 9.29 Å². The van der Waals surface area contributed by atoms with Gasteiger partial charge in [0.15, 0.2) is 0 Å². The average molecular weight is 536 g/mol. The van der Waals surface area contributed by atoms with Crippen LogP contribution in [0.25, 0.3) is 11.3 Å². The molecule has 37 heavy (non-hydrogen) atoms. The molecule has 0 bridgehead atoms. The molecule has 0 saturated heterocycles. The average Bonchev–Trinajstić information content (AvgIpc) is 3.58. The molecule has 1 unspecified atom stereocenters. The molecule has 0 N–H and O–H groups in total. The van der Waals surface area contributed by atoms with Gasteiger partial charge in [-0.1, -0.05) is 36.4 Å². The minimum atomic E-state index is -5.42. The molecule has 2 aromatic carbocycles. The number of rotatable bonds is 7. The summed E-state index contributed by atoms with van der Waals surface area (Å²) in [6, 6.07) is 13.4. The van der Waals surface area contributed by atoms with Gasteiger partial charge >= 0.3 is 15.5 Å². The van der Waals surface area contributed by atoms with Gasteiger partial charge in [-0.25, -0.2) is 17.2 Å². The van der Waals surface area contributed by atoms with Crippen LogP contribution in [-0.2, 0) is 16.6 Å². The lowest BCUT2D eigenvalue weighted by atomic mass is 10.0. The molecular weight excluding hydrogens is 513 g/mol. The number of nitrogens with zero attached hydrogens (tertiary/aromatic N) is 3. The summed E-state index contributed by atoms with van der Waals surface area (Å²) < 4.78 is 91.8. The molecule has 1 atom stereocenters. The Morgan fingerprint density at radius 3 is 2.16 bits per heavy atom. The van der Waals surface area contributed by atoms with Crippen molar-refractivity contribution in [3.05, 3.63) is 89.1 Å². The van der Waals surface area contributed by atoms with E-state index >= 15 is 0 Å². The summed E-state index contributed by atoms with van der Waals surface area (Å²) in [6.45, 7) is -0.399. The fourth-order valence-corrected chi connectivity index (χ4v) is 5.63. The zero-order valence-electron chi connectivity index (χ0n) is 19.4. The summed E-state index contributed by atoms with van der Waals surface area (Å²) in [5, 5.41) is 0. The first-order valence-electron chi connectivity index (χ1n) is 11.7. The first kappa shape index (κ1) is 25.5. The van der Waals surface area contributed by atoms with Crippen LogP contribution in [0.5, 0.6) is 0 Å². The third kappa shape index (κ3) is 5.15. The minimum Gasteiger partial charge on any atom is -0.281 e. The largest absolute Gasteiger partial charge is 0.511 e. The second-order valence-corrected chi connectivity index (χ2v) is 11.0. The van der Waals surface area contributed by atoms with Gasteiger partial charge < -0.3 is 0 Å². The molecule has 1 saturated carbocycles. The Hall–Kier alpha value is -3.18. The topological polar surface area (TPSA) is 62.6 Å². The maximum Gasteiger partial charge on any atom is 0.511 e. The summed E-state index contributed by atoms with van der Waals surface area (Å²) in [6.07, 6.45) is 3.24. The van der Waals surface area contributed by atoms with E-state index in [1.165, 1.54) is 24.4 Å². The molecule has 0 radical (unpaired) electrons. The molecule has 11 heteroatoms. The molecule has 2 heterocycles. The Labute approximate surface area is 210 Å². The Morgan fingerprint density at radius 2 is 1.59 bits per heavy atom. The minimum absolute atomic E-state index is 0.0887. The van der Waals surface area contributed by atoms with Gasteiger partial charge in [0.2, 0.25) is 0 Å². The Balaban J connectivity index is 1.30. The predicted molar refractivity (Wildman–Crippen MR) is 128 cm³/mol. The van der Waals surface area contributed by atoms with Crippen LogP contribution in [-0.4, -0.2) is 35.0 Å². The Morgan fingerprint density at radius 1 is 0.919 bits per heavy atom. The van der Waals surface area contributed by atoms with Gasteiger partial charge in [-0.3, -0.25) is 9.98 Å². The van der Waals surface area contributed by atoms with E-state index in [2.05, 4.69) is 9.98 Å². The van der Waals surface area contributed by atoms with Crippen LogP contribution >= 0.6 is 0 Å². The van der Waals surface area contributed by atoms with Crippen LogP contribution in [0, 0.1) is 11.6 Å². The maximum atomic E-state index is 14.1. The lowest BCUT2D eigenvalue weighted by Gasteiger charge is -2.23. The predicted octanol–water partition coefficient (Wildman–Crippen LogP) is 6.17. The third-order valence-electron chi connectivity index (χ3n) is 6.53. The van der Waals surface area contributed by atoms with Crippen molar-refractivity contribution in [2.24, 2.45) is 4.99 Å². The molecule has 1 fully saturated rings. The van der Waals surface area contributed by atoms with Crippen LogP contribution in [0.4, 0.5) is 22.0 Å². The zero-order valence-corrected chi connectivity index (χ0v) is 20.2. The molecule has 0 spiro atoms. The second kappa shape index (κ2) is 9.60. The first-order chi connectivity index (χ1) is 17.5. The standard InChI is InChI=1S/C26H22F5N3O2S/c27-20-2-1-3-21(28)25(20)24-13-12-23(33-24)18-7-5-17(6-8-18)22-11-4-16(14-32-22)15-34(19-9-10-19)37(35,36)26(29,30)31/h1-8,11,14,19,23H,9-10,12-13,15H2. The highest BCUT2D eigenvalue weighted by atomic mass is 32.2. The van der Waals surface area contributed by atoms with E-state index in [9.17, 15) is 30.4 Å². The first-order valence-corrected chi connectivity index (χ1v) is 13.1. The molecule has 1 aromatic heterocycles. The van der Waals surface area contributed by atoms with Gasteiger partial charge in [-0.15, -0.1) is 0 Å². The fraction of sp³-hybridized carbons (Fsp3) is 0.308. The normalized spacial score (nSPS) is 18.3. The highest BCUT2D eigenvalue weighted by Gasteiger charge is 2.53. The molecule has 194 valence electrons. The number of benzene rings is 2. The van der Waals surface area contributed by atoms with Crippen molar-refractivity contribution in [3.8, 4) is 11.3 Å². The van der Waals surface area contributed by atoms with Crippen molar-refractivity contribution in [2.45, 2.75) is 49.8 Å². The Kier molecular flexibility index (Phi) is 6.61. The summed E-state index contributed by atoms with van der Waals surface area (Å²) in [7, 11) is -5.42. The van der Waals surface area contributed by atoms with E-state index in [0.717, 1.165) is 11.1 Å². The van der Waals surface area contributed by atoms with Crippen molar-refractivity contribution in [3.63, 3.8) is 0 Å². The summed E-state index contributed by atoms with van der Waals surface area (Å²) >= 11 is 0. The molecule has 3 aromatic rings. The van der Waals surface area contributed by atoms with E-state index in [0.29, 0.717) is 47.0 Å². The fourth-order valence-electron chi connectivity index (χ4n) is 4.45. The van der Waals surface area contributed by atoms with Crippen molar-refractivity contribution >= 4 is 15.7 Å². The zero-order chi connectivity index (χ0) is 26.4. The summed E-state index contributed by atoms with van der Waals surface area (Å²) in [5.74, 6) is -1.28. The summed E-state index contributed by atoms with van der Waals surface area (Å²) in [4.78, 5) is 8.85. The number of sulfonamides is 1. The van der Waals surface area contributed by atoms with E-state index < -0.39 is 39.8 Å². The van der Waals surface area contributed by atoms with E-state index in [1.54, 1.807) is 12.1 Å². The Bertz CT molecular complexity index is 1410. The molecular formula is C26H22F5N3O2S. The molecule has 2 aliphatic rings. The van der Waals surface area contributed by atoms with Crippen LogP contribution in [0.1, 0.15) is 48.4 Å². The van der Waals surface area contributed by atoms with Gasteiger partial charge in [-0.05, 0) is 55.0 Å². The van der Waals surface area contributed by atoms with Crippen molar-refractivity contribution in [1.29, 1.82) is 0 Å². The lowest BCUT2D eigenvalue weighted by molar-refractivity contribution is -0.0494. The van der Waals surface area contributed by atoms with Crippen LogP contribution in [0.2, 0.25) is 0 Å². The quantitative estimate of drug-likeness (QED) is 0.340. The van der Waals surface area contributed by atoms with Crippen LogP contribution in [0.3, 0.4) is 0 Å². The smallest absolute Gasteiger partial charge is 0.281 e. The third-order valence-corrected chi connectivity index (χ3v) is 8.16. The van der Waals surface area contributed by atoms with Gasteiger partial charge in [0.05, 0.1) is 17.3 Å². The maximum absolute atomic E-state index is 14.1. The van der Waals surface area contributed by atoms with Gasteiger partial charge in [0.1, 0.15) is 11.6 Å². The number of pyridine rings is 1. The molecule has 5 nitrogen and oxygen atoms in total. The number of hydrogen-bond acceptors (Lipinski definition) is 4. The van der Waals surface area contributed by atoms with Crippen molar-refractivity contribution in [2.75, 3.05) is 0 Å². The molecule has 1 aliphatic heterocycles.